The number of aryl methyl sites for hydroxylation is 2. The van der Waals surface area contributed by atoms with E-state index in [0.29, 0.717) is 12.1 Å². The van der Waals surface area contributed by atoms with Crippen LogP contribution in [0.25, 0.3) is 0 Å². The van der Waals surface area contributed by atoms with Gasteiger partial charge >= 0.3 is 0 Å². The molecule has 0 radical (unpaired) electrons. The highest BCUT2D eigenvalue weighted by molar-refractivity contribution is 5.52. The van der Waals surface area contributed by atoms with Crippen molar-refractivity contribution in [3.8, 4) is 0 Å². The normalized spacial score (nSPS) is 19.3. The zero-order valence-electron chi connectivity index (χ0n) is 14.4. The molecule has 1 aliphatic heterocycles. The summed E-state index contributed by atoms with van der Waals surface area (Å²) in [5, 5.41) is 3.57. The Kier molecular flexibility index (Phi) is 5.63. The smallest absolute Gasteiger partial charge is 0.133 e. The Morgan fingerprint density at radius 3 is 2.76 bits per heavy atom. The lowest BCUT2D eigenvalue weighted by Crippen LogP contribution is -2.41. The van der Waals surface area contributed by atoms with E-state index in [1.807, 2.05) is 0 Å². The summed E-state index contributed by atoms with van der Waals surface area (Å²) in [6.07, 6.45) is 5.18. The minimum absolute atomic E-state index is 0.502. The highest BCUT2D eigenvalue weighted by Crippen LogP contribution is 2.30. The van der Waals surface area contributed by atoms with Crippen LogP contribution in [0.3, 0.4) is 0 Å². The quantitative estimate of drug-likeness (QED) is 0.889. The number of anilines is 1. The van der Waals surface area contributed by atoms with Crippen LogP contribution in [-0.4, -0.2) is 23.6 Å². The van der Waals surface area contributed by atoms with Gasteiger partial charge in [0.2, 0.25) is 0 Å². The summed E-state index contributed by atoms with van der Waals surface area (Å²) in [5.74, 6) is 1.23. The van der Waals surface area contributed by atoms with Crippen molar-refractivity contribution in [2.75, 3.05) is 11.4 Å². The van der Waals surface area contributed by atoms with Crippen molar-refractivity contribution in [3.63, 3.8) is 0 Å². The fourth-order valence-electron chi connectivity index (χ4n) is 3.31. The molecule has 21 heavy (non-hydrogen) atoms. The third-order valence-corrected chi connectivity index (χ3v) is 4.51. The van der Waals surface area contributed by atoms with E-state index in [2.05, 4.69) is 50.9 Å². The minimum Gasteiger partial charge on any atom is -0.353 e. The first-order valence-corrected chi connectivity index (χ1v) is 8.50. The van der Waals surface area contributed by atoms with Crippen molar-refractivity contribution in [1.29, 1.82) is 0 Å². The molecule has 1 saturated heterocycles. The van der Waals surface area contributed by atoms with Crippen LogP contribution in [0.4, 0.5) is 5.82 Å². The van der Waals surface area contributed by atoms with Crippen LogP contribution in [0.2, 0.25) is 0 Å². The first kappa shape index (κ1) is 16.3. The van der Waals surface area contributed by atoms with E-state index in [9.17, 15) is 0 Å². The number of aromatic nitrogens is 1. The second-order valence-corrected chi connectivity index (χ2v) is 6.67. The Labute approximate surface area is 130 Å². The summed E-state index contributed by atoms with van der Waals surface area (Å²) in [5.41, 5.74) is 3.89. The Balaban J connectivity index is 2.35. The van der Waals surface area contributed by atoms with Crippen LogP contribution in [0, 0.1) is 13.8 Å². The molecule has 118 valence electrons. The molecule has 2 heterocycles. The molecule has 0 aliphatic carbocycles. The molecular formula is C18H31N3. The van der Waals surface area contributed by atoms with Crippen LogP contribution in [0.1, 0.15) is 63.3 Å². The maximum Gasteiger partial charge on any atom is 0.133 e. The predicted molar refractivity (Wildman–Crippen MR) is 91.0 cm³/mol. The lowest BCUT2D eigenvalue weighted by molar-refractivity contribution is 0.444. The number of rotatable bonds is 5. The lowest BCUT2D eigenvalue weighted by atomic mass is 9.98. The van der Waals surface area contributed by atoms with Crippen molar-refractivity contribution in [2.24, 2.45) is 0 Å². The van der Waals surface area contributed by atoms with Gasteiger partial charge in [0.25, 0.3) is 0 Å². The van der Waals surface area contributed by atoms with Crippen LogP contribution >= 0.6 is 0 Å². The molecule has 3 heteroatoms. The molecule has 1 aliphatic rings. The van der Waals surface area contributed by atoms with E-state index < -0.39 is 0 Å². The Hall–Kier alpha value is -1.09. The first-order valence-electron chi connectivity index (χ1n) is 8.50. The van der Waals surface area contributed by atoms with Gasteiger partial charge in [-0.3, -0.25) is 0 Å². The molecule has 3 nitrogen and oxygen atoms in total. The minimum atomic E-state index is 0.502. The molecule has 0 saturated carbocycles. The third kappa shape index (κ3) is 3.97. The van der Waals surface area contributed by atoms with Crippen LogP contribution in [0.15, 0.2) is 6.07 Å². The van der Waals surface area contributed by atoms with Crippen molar-refractivity contribution in [2.45, 2.75) is 78.9 Å². The van der Waals surface area contributed by atoms with Gasteiger partial charge in [-0.25, -0.2) is 4.98 Å². The number of hydrogen-bond acceptors (Lipinski definition) is 3. The Bertz CT molecular complexity index is 468. The van der Waals surface area contributed by atoms with E-state index in [-0.39, 0.29) is 0 Å². The van der Waals surface area contributed by atoms with Gasteiger partial charge in [-0.15, -0.1) is 0 Å². The van der Waals surface area contributed by atoms with E-state index >= 15 is 0 Å². The molecule has 0 aromatic carbocycles. The van der Waals surface area contributed by atoms with Crippen LogP contribution in [-0.2, 0) is 6.54 Å². The lowest BCUT2D eigenvalue weighted by Gasteiger charge is -2.38. The highest BCUT2D eigenvalue weighted by Gasteiger charge is 2.25. The van der Waals surface area contributed by atoms with Gasteiger partial charge in [0.1, 0.15) is 5.82 Å². The average molecular weight is 289 g/mol. The summed E-state index contributed by atoms with van der Waals surface area (Å²) in [7, 11) is 0. The highest BCUT2D eigenvalue weighted by atomic mass is 15.2. The summed E-state index contributed by atoms with van der Waals surface area (Å²) < 4.78 is 0. The zero-order chi connectivity index (χ0) is 15.4. The summed E-state index contributed by atoms with van der Waals surface area (Å²) >= 11 is 0. The molecule has 0 amide bonds. The van der Waals surface area contributed by atoms with Gasteiger partial charge in [0.15, 0.2) is 0 Å². The number of hydrogen-bond donors (Lipinski definition) is 1. The van der Waals surface area contributed by atoms with E-state index in [0.717, 1.165) is 18.8 Å². The van der Waals surface area contributed by atoms with Gasteiger partial charge in [-0.1, -0.05) is 20.8 Å². The number of pyridine rings is 1. The number of nitrogens with zero attached hydrogens (tertiary/aromatic N) is 2. The van der Waals surface area contributed by atoms with E-state index in [1.54, 1.807) is 0 Å². The zero-order valence-corrected chi connectivity index (χ0v) is 14.4. The fraction of sp³-hybridized carbons (Fsp3) is 0.722. The monoisotopic (exact) mass is 289 g/mol. The average Bonchev–Trinajstić information content (AvgIpc) is 2.45. The second-order valence-electron chi connectivity index (χ2n) is 6.67. The SMILES string of the molecule is CCC1CCCCN1c1nc(C)cc(C)c1CNC(C)C. The molecule has 1 fully saturated rings. The van der Waals surface area contributed by atoms with Gasteiger partial charge < -0.3 is 10.2 Å². The topological polar surface area (TPSA) is 28.2 Å². The summed E-state index contributed by atoms with van der Waals surface area (Å²) in [6, 6.07) is 3.37. The van der Waals surface area contributed by atoms with Gasteiger partial charge in [0, 0.05) is 36.4 Å². The summed E-state index contributed by atoms with van der Waals surface area (Å²) in [6.45, 7) is 13.1. The van der Waals surface area contributed by atoms with Crippen LogP contribution < -0.4 is 10.2 Å². The molecular weight excluding hydrogens is 258 g/mol. The van der Waals surface area contributed by atoms with Crippen molar-refractivity contribution >= 4 is 5.82 Å². The summed E-state index contributed by atoms with van der Waals surface area (Å²) in [4.78, 5) is 7.49. The van der Waals surface area contributed by atoms with E-state index in [1.165, 1.54) is 42.6 Å². The fourth-order valence-corrected chi connectivity index (χ4v) is 3.31. The van der Waals surface area contributed by atoms with Gasteiger partial charge in [-0.05, 0) is 51.2 Å². The molecule has 1 N–H and O–H groups in total. The molecule has 2 rings (SSSR count). The molecule has 1 unspecified atom stereocenters. The second kappa shape index (κ2) is 7.26. The molecule has 1 aromatic heterocycles. The third-order valence-electron chi connectivity index (χ3n) is 4.51. The molecule has 0 bridgehead atoms. The largest absolute Gasteiger partial charge is 0.353 e. The molecule has 0 spiro atoms. The van der Waals surface area contributed by atoms with Crippen molar-refractivity contribution < 1.29 is 0 Å². The van der Waals surface area contributed by atoms with E-state index in [4.69, 9.17) is 4.98 Å². The van der Waals surface area contributed by atoms with Gasteiger partial charge in [-0.2, -0.15) is 0 Å². The standard InChI is InChI=1S/C18H31N3/c1-6-16-9-7-8-10-21(16)18-17(12-19-13(2)3)14(4)11-15(5)20-18/h11,13,16,19H,6-10,12H2,1-5H3. The predicted octanol–water partition coefficient (Wildman–Crippen LogP) is 3.97. The molecule has 1 aromatic rings. The van der Waals surface area contributed by atoms with Crippen molar-refractivity contribution in [1.82, 2.24) is 10.3 Å². The van der Waals surface area contributed by atoms with Gasteiger partial charge in [0.05, 0.1) is 0 Å². The van der Waals surface area contributed by atoms with Crippen LogP contribution in [0.5, 0.6) is 0 Å². The molecule has 1 atom stereocenters. The Morgan fingerprint density at radius 1 is 1.33 bits per heavy atom. The van der Waals surface area contributed by atoms with Crippen molar-refractivity contribution in [3.05, 3.63) is 22.9 Å². The maximum absolute atomic E-state index is 4.92. The number of piperidine rings is 1. The number of nitrogens with one attached hydrogen (secondary N) is 1. The maximum atomic E-state index is 4.92. The first-order chi connectivity index (χ1) is 10.0. The Morgan fingerprint density at radius 2 is 2.10 bits per heavy atom.